The third-order valence-electron chi connectivity index (χ3n) is 3.24. The molecule has 0 saturated carbocycles. The SMILES string of the molecule is O=C(OCc1csc(-c2ccccc2)n1)c1ccccc1[N+](=O)[O-]. The van der Waals surface area contributed by atoms with E-state index in [1.165, 1.54) is 29.5 Å². The molecular formula is C17H12N2O4S. The Hall–Kier alpha value is -3.06. The first-order valence-corrected chi connectivity index (χ1v) is 7.93. The highest BCUT2D eigenvalue weighted by Gasteiger charge is 2.20. The average Bonchev–Trinajstić information content (AvgIpc) is 3.09. The molecule has 0 saturated heterocycles. The number of hydrogen-bond acceptors (Lipinski definition) is 6. The molecule has 0 unspecified atom stereocenters. The number of esters is 1. The second-order valence-corrected chi connectivity index (χ2v) is 5.72. The lowest BCUT2D eigenvalue weighted by atomic mass is 10.2. The largest absolute Gasteiger partial charge is 0.455 e. The number of nitro benzene ring substituents is 1. The fourth-order valence-corrected chi connectivity index (χ4v) is 2.92. The van der Waals surface area contributed by atoms with Crippen LogP contribution in [-0.4, -0.2) is 15.9 Å². The van der Waals surface area contributed by atoms with Crippen LogP contribution in [0.3, 0.4) is 0 Å². The topological polar surface area (TPSA) is 82.3 Å². The van der Waals surface area contributed by atoms with Gasteiger partial charge in [0.05, 0.1) is 10.6 Å². The summed E-state index contributed by atoms with van der Waals surface area (Å²) in [6, 6.07) is 15.4. The molecule has 0 spiro atoms. The molecule has 24 heavy (non-hydrogen) atoms. The first-order chi connectivity index (χ1) is 11.6. The van der Waals surface area contributed by atoms with Gasteiger partial charge in [0.15, 0.2) is 0 Å². The van der Waals surface area contributed by atoms with Crippen LogP contribution in [0.15, 0.2) is 60.0 Å². The Morgan fingerprint density at radius 2 is 1.83 bits per heavy atom. The number of hydrogen-bond donors (Lipinski definition) is 0. The van der Waals surface area contributed by atoms with Crippen LogP contribution in [0.1, 0.15) is 16.1 Å². The lowest BCUT2D eigenvalue weighted by molar-refractivity contribution is -0.385. The lowest BCUT2D eigenvalue weighted by Gasteiger charge is -2.03. The van der Waals surface area contributed by atoms with Crippen molar-refractivity contribution in [2.24, 2.45) is 0 Å². The Morgan fingerprint density at radius 1 is 1.12 bits per heavy atom. The second-order valence-electron chi connectivity index (χ2n) is 4.86. The van der Waals surface area contributed by atoms with E-state index in [0.29, 0.717) is 5.69 Å². The molecule has 0 aliphatic rings. The zero-order chi connectivity index (χ0) is 16.9. The van der Waals surface area contributed by atoms with E-state index >= 15 is 0 Å². The molecular weight excluding hydrogens is 328 g/mol. The number of benzene rings is 2. The highest BCUT2D eigenvalue weighted by Crippen LogP contribution is 2.24. The first kappa shape index (κ1) is 15.8. The molecule has 1 aromatic heterocycles. The molecule has 3 aromatic rings. The number of carbonyl (C=O) groups excluding carboxylic acids is 1. The van der Waals surface area contributed by atoms with E-state index < -0.39 is 10.9 Å². The van der Waals surface area contributed by atoms with Crippen LogP contribution in [0, 0.1) is 10.1 Å². The van der Waals surface area contributed by atoms with Gasteiger partial charge in [0.25, 0.3) is 5.69 Å². The standard InChI is InChI=1S/C17H12N2O4S/c20-17(14-8-4-5-9-15(14)19(21)22)23-10-13-11-24-16(18-13)12-6-2-1-3-7-12/h1-9,11H,10H2. The van der Waals surface area contributed by atoms with E-state index in [2.05, 4.69) is 4.98 Å². The third kappa shape index (κ3) is 3.47. The molecule has 3 rings (SSSR count). The summed E-state index contributed by atoms with van der Waals surface area (Å²) in [5.41, 5.74) is 1.25. The summed E-state index contributed by atoms with van der Waals surface area (Å²) in [7, 11) is 0. The predicted octanol–water partition coefficient (Wildman–Crippen LogP) is 4.08. The van der Waals surface area contributed by atoms with Gasteiger partial charge in [-0.3, -0.25) is 10.1 Å². The zero-order valence-electron chi connectivity index (χ0n) is 12.4. The molecule has 0 radical (unpaired) electrons. The molecule has 0 N–H and O–H groups in total. The molecule has 0 atom stereocenters. The monoisotopic (exact) mass is 340 g/mol. The maximum atomic E-state index is 12.1. The van der Waals surface area contributed by atoms with Crippen LogP contribution in [0.4, 0.5) is 5.69 Å². The van der Waals surface area contributed by atoms with Gasteiger partial charge < -0.3 is 4.74 Å². The number of carbonyl (C=O) groups is 1. The van der Waals surface area contributed by atoms with E-state index in [0.717, 1.165) is 10.6 Å². The maximum Gasteiger partial charge on any atom is 0.345 e. The van der Waals surface area contributed by atoms with Crippen LogP contribution >= 0.6 is 11.3 Å². The normalized spacial score (nSPS) is 10.3. The van der Waals surface area contributed by atoms with Crippen molar-refractivity contribution in [2.45, 2.75) is 6.61 Å². The Morgan fingerprint density at radius 3 is 2.58 bits per heavy atom. The van der Waals surface area contributed by atoms with Gasteiger partial charge >= 0.3 is 5.97 Å². The molecule has 1 heterocycles. The quantitative estimate of drug-likeness (QED) is 0.397. The minimum absolute atomic E-state index is 0.0335. The summed E-state index contributed by atoms with van der Waals surface area (Å²) in [5, 5.41) is 13.6. The molecule has 0 fully saturated rings. The number of aromatic nitrogens is 1. The van der Waals surface area contributed by atoms with Gasteiger partial charge in [0.1, 0.15) is 17.2 Å². The highest BCUT2D eigenvalue weighted by atomic mass is 32.1. The molecule has 6 nitrogen and oxygen atoms in total. The zero-order valence-corrected chi connectivity index (χ0v) is 13.2. The van der Waals surface area contributed by atoms with E-state index in [4.69, 9.17) is 4.74 Å². The Bertz CT molecular complexity index is 877. The van der Waals surface area contributed by atoms with Crippen LogP contribution in [0.2, 0.25) is 0 Å². The molecule has 0 aliphatic heterocycles. The van der Waals surface area contributed by atoms with Gasteiger partial charge in [0, 0.05) is 17.0 Å². The van der Waals surface area contributed by atoms with Gasteiger partial charge in [0.2, 0.25) is 0 Å². The summed E-state index contributed by atoms with van der Waals surface area (Å²) in [4.78, 5) is 26.8. The number of rotatable bonds is 5. The van der Waals surface area contributed by atoms with E-state index in [9.17, 15) is 14.9 Å². The van der Waals surface area contributed by atoms with E-state index in [1.54, 1.807) is 11.4 Å². The number of para-hydroxylation sites is 1. The van der Waals surface area contributed by atoms with Gasteiger partial charge in [-0.05, 0) is 6.07 Å². The van der Waals surface area contributed by atoms with Crippen LogP contribution in [0.25, 0.3) is 10.6 Å². The second kappa shape index (κ2) is 7.01. The molecule has 0 bridgehead atoms. The average molecular weight is 340 g/mol. The fraction of sp³-hybridized carbons (Fsp3) is 0.0588. The van der Waals surface area contributed by atoms with Gasteiger partial charge in [-0.15, -0.1) is 11.3 Å². The van der Waals surface area contributed by atoms with Gasteiger partial charge in [-0.1, -0.05) is 42.5 Å². The summed E-state index contributed by atoms with van der Waals surface area (Å²) in [6.07, 6.45) is 0. The van der Waals surface area contributed by atoms with E-state index in [1.807, 2.05) is 30.3 Å². The lowest BCUT2D eigenvalue weighted by Crippen LogP contribution is -2.08. The summed E-state index contributed by atoms with van der Waals surface area (Å²) >= 11 is 1.45. The minimum Gasteiger partial charge on any atom is -0.455 e. The fourth-order valence-electron chi connectivity index (χ4n) is 2.11. The van der Waals surface area contributed by atoms with Crippen molar-refractivity contribution in [3.05, 3.63) is 81.3 Å². The maximum absolute atomic E-state index is 12.1. The van der Waals surface area contributed by atoms with Crippen LogP contribution < -0.4 is 0 Å². The molecule has 0 aliphatic carbocycles. The Kier molecular flexibility index (Phi) is 4.62. The van der Waals surface area contributed by atoms with Crippen molar-refractivity contribution >= 4 is 23.0 Å². The van der Waals surface area contributed by atoms with Crippen molar-refractivity contribution < 1.29 is 14.5 Å². The van der Waals surface area contributed by atoms with Gasteiger partial charge in [-0.25, -0.2) is 9.78 Å². The molecule has 120 valence electrons. The third-order valence-corrected chi connectivity index (χ3v) is 4.18. The van der Waals surface area contributed by atoms with E-state index in [-0.39, 0.29) is 17.9 Å². The van der Waals surface area contributed by atoms with Crippen molar-refractivity contribution in [1.82, 2.24) is 4.98 Å². The molecule has 0 amide bonds. The Labute approximate surface area is 141 Å². The molecule has 7 heteroatoms. The number of nitrogens with zero attached hydrogens (tertiary/aromatic N) is 2. The highest BCUT2D eigenvalue weighted by molar-refractivity contribution is 7.13. The number of thiazole rings is 1. The number of nitro groups is 1. The van der Waals surface area contributed by atoms with Crippen LogP contribution in [-0.2, 0) is 11.3 Å². The summed E-state index contributed by atoms with van der Waals surface area (Å²) in [6.45, 7) is -0.0335. The number of ether oxygens (including phenoxy) is 1. The van der Waals surface area contributed by atoms with Crippen molar-refractivity contribution in [1.29, 1.82) is 0 Å². The molecule has 2 aromatic carbocycles. The first-order valence-electron chi connectivity index (χ1n) is 7.05. The van der Waals surface area contributed by atoms with Crippen molar-refractivity contribution in [3.63, 3.8) is 0 Å². The summed E-state index contributed by atoms with van der Waals surface area (Å²) < 4.78 is 5.15. The predicted molar refractivity (Wildman–Crippen MR) is 89.8 cm³/mol. The van der Waals surface area contributed by atoms with Gasteiger partial charge in [-0.2, -0.15) is 0 Å². The smallest absolute Gasteiger partial charge is 0.345 e. The minimum atomic E-state index is -0.739. The summed E-state index contributed by atoms with van der Waals surface area (Å²) in [5.74, 6) is -0.739. The van der Waals surface area contributed by atoms with Crippen molar-refractivity contribution in [3.8, 4) is 10.6 Å². The van der Waals surface area contributed by atoms with Crippen LogP contribution in [0.5, 0.6) is 0 Å². The van der Waals surface area contributed by atoms with Crippen molar-refractivity contribution in [2.75, 3.05) is 0 Å². The Balaban J connectivity index is 1.70.